The average Bonchev–Trinajstić information content (AvgIpc) is 3.22. The van der Waals surface area contributed by atoms with Gasteiger partial charge in [-0.05, 0) is 30.0 Å². The third-order valence-electron chi connectivity index (χ3n) is 4.47. The molecule has 1 saturated heterocycles. The van der Waals surface area contributed by atoms with E-state index in [4.69, 9.17) is 0 Å². The smallest absolute Gasteiger partial charge is 0.255 e. The Bertz CT molecular complexity index is 827. The molecule has 0 aromatic carbocycles. The first-order chi connectivity index (χ1) is 11.8. The van der Waals surface area contributed by atoms with Crippen LogP contribution in [0.2, 0.25) is 0 Å². The van der Waals surface area contributed by atoms with Gasteiger partial charge in [0.1, 0.15) is 5.65 Å². The number of rotatable bonds is 3. The molecule has 6 heteroatoms. The van der Waals surface area contributed by atoms with Crippen LogP contribution in [0.5, 0.6) is 0 Å². The van der Waals surface area contributed by atoms with E-state index in [-0.39, 0.29) is 5.91 Å². The third kappa shape index (κ3) is 3.20. The molecule has 1 amide bonds. The van der Waals surface area contributed by atoms with Crippen LogP contribution in [0.1, 0.15) is 21.7 Å². The molecule has 0 radical (unpaired) electrons. The summed E-state index contributed by atoms with van der Waals surface area (Å²) in [5.41, 5.74) is 1.59. The van der Waals surface area contributed by atoms with E-state index < -0.39 is 0 Å². The van der Waals surface area contributed by atoms with E-state index in [1.54, 1.807) is 17.5 Å². The minimum absolute atomic E-state index is 0.114. The molecule has 4 rings (SSSR count). The Kier molecular flexibility index (Phi) is 4.32. The van der Waals surface area contributed by atoms with Crippen molar-refractivity contribution >= 4 is 22.9 Å². The first kappa shape index (κ1) is 15.4. The maximum atomic E-state index is 12.8. The predicted molar refractivity (Wildman–Crippen MR) is 95.3 cm³/mol. The number of hydrogen-bond donors (Lipinski definition) is 0. The zero-order valence-electron chi connectivity index (χ0n) is 13.5. The van der Waals surface area contributed by atoms with E-state index in [0.29, 0.717) is 0 Å². The maximum Gasteiger partial charge on any atom is 0.255 e. The van der Waals surface area contributed by atoms with Gasteiger partial charge in [0, 0.05) is 56.2 Å². The number of aromatic nitrogens is 2. The van der Waals surface area contributed by atoms with Crippen molar-refractivity contribution in [2.24, 2.45) is 0 Å². The Morgan fingerprint density at radius 1 is 1.17 bits per heavy atom. The highest BCUT2D eigenvalue weighted by Gasteiger charge is 2.20. The van der Waals surface area contributed by atoms with Gasteiger partial charge in [0.15, 0.2) is 0 Å². The van der Waals surface area contributed by atoms with Crippen molar-refractivity contribution in [3.8, 4) is 0 Å². The number of carbonyl (C=O) groups excluding carboxylic acids is 1. The van der Waals surface area contributed by atoms with Gasteiger partial charge in [-0.1, -0.05) is 6.07 Å². The van der Waals surface area contributed by atoms with E-state index in [9.17, 15) is 4.79 Å². The molecule has 3 aromatic heterocycles. The van der Waals surface area contributed by atoms with Gasteiger partial charge >= 0.3 is 0 Å². The molecule has 1 aliphatic heterocycles. The number of fused-ring (bicyclic) bond motifs is 1. The second-order valence-electron chi connectivity index (χ2n) is 6.11. The zero-order chi connectivity index (χ0) is 16.4. The van der Waals surface area contributed by atoms with E-state index in [1.807, 2.05) is 33.8 Å². The molecule has 4 heterocycles. The van der Waals surface area contributed by atoms with Crippen molar-refractivity contribution in [3.05, 3.63) is 58.7 Å². The number of carbonyl (C=O) groups is 1. The topological polar surface area (TPSA) is 40.9 Å². The van der Waals surface area contributed by atoms with Crippen LogP contribution < -0.4 is 0 Å². The van der Waals surface area contributed by atoms with Crippen LogP contribution in [0, 0.1) is 0 Å². The summed E-state index contributed by atoms with van der Waals surface area (Å²) in [5.74, 6) is 0.114. The normalized spacial score (nSPS) is 16.4. The quantitative estimate of drug-likeness (QED) is 0.736. The fourth-order valence-electron chi connectivity index (χ4n) is 3.18. The van der Waals surface area contributed by atoms with Crippen LogP contribution in [0.3, 0.4) is 0 Å². The molecule has 3 aromatic rings. The lowest BCUT2D eigenvalue weighted by molar-refractivity contribution is 0.0760. The molecule has 0 aliphatic carbocycles. The van der Waals surface area contributed by atoms with E-state index in [0.717, 1.165) is 50.4 Å². The fourth-order valence-corrected chi connectivity index (χ4v) is 3.93. The van der Waals surface area contributed by atoms with Gasteiger partial charge in [-0.15, -0.1) is 11.3 Å². The van der Waals surface area contributed by atoms with Crippen LogP contribution in [-0.2, 0) is 6.54 Å². The second kappa shape index (κ2) is 6.75. The SMILES string of the molecule is O=C(c1ccc2nccn2c1)N1CCCN(Cc2cccs2)CC1. The molecule has 0 spiro atoms. The predicted octanol–water partition coefficient (Wildman–Crippen LogP) is 2.74. The van der Waals surface area contributed by atoms with Crippen molar-refractivity contribution in [1.29, 1.82) is 0 Å². The Balaban J connectivity index is 1.43. The molecule has 0 atom stereocenters. The summed E-state index contributed by atoms with van der Waals surface area (Å²) >= 11 is 1.80. The van der Waals surface area contributed by atoms with Gasteiger partial charge in [0.05, 0.1) is 5.56 Å². The molecule has 0 bridgehead atoms. The minimum Gasteiger partial charge on any atom is -0.337 e. The van der Waals surface area contributed by atoms with Crippen LogP contribution >= 0.6 is 11.3 Å². The van der Waals surface area contributed by atoms with Crippen LogP contribution in [0.25, 0.3) is 5.65 Å². The Hall–Kier alpha value is -2.18. The third-order valence-corrected chi connectivity index (χ3v) is 5.33. The molecule has 0 unspecified atom stereocenters. The molecular formula is C18H20N4OS. The monoisotopic (exact) mass is 340 g/mol. The van der Waals surface area contributed by atoms with Gasteiger partial charge in [0.2, 0.25) is 0 Å². The number of amides is 1. The average molecular weight is 340 g/mol. The van der Waals surface area contributed by atoms with Gasteiger partial charge in [-0.25, -0.2) is 4.98 Å². The van der Waals surface area contributed by atoms with E-state index >= 15 is 0 Å². The largest absolute Gasteiger partial charge is 0.337 e. The number of thiophene rings is 1. The molecule has 0 saturated carbocycles. The Labute approximate surface area is 145 Å². The second-order valence-corrected chi connectivity index (χ2v) is 7.14. The van der Waals surface area contributed by atoms with Gasteiger partial charge in [-0.3, -0.25) is 9.69 Å². The van der Waals surface area contributed by atoms with Crippen molar-refractivity contribution in [3.63, 3.8) is 0 Å². The molecule has 0 N–H and O–H groups in total. The van der Waals surface area contributed by atoms with E-state index in [2.05, 4.69) is 27.4 Å². The maximum absolute atomic E-state index is 12.8. The number of pyridine rings is 1. The molecular weight excluding hydrogens is 320 g/mol. The summed E-state index contributed by atoms with van der Waals surface area (Å²) in [5, 5.41) is 2.12. The summed E-state index contributed by atoms with van der Waals surface area (Å²) in [6.07, 6.45) is 6.51. The number of imidazole rings is 1. The van der Waals surface area contributed by atoms with Crippen molar-refractivity contribution in [2.75, 3.05) is 26.2 Å². The van der Waals surface area contributed by atoms with Crippen molar-refractivity contribution in [2.45, 2.75) is 13.0 Å². The lowest BCUT2D eigenvalue weighted by atomic mass is 10.2. The summed E-state index contributed by atoms with van der Waals surface area (Å²) in [7, 11) is 0. The summed E-state index contributed by atoms with van der Waals surface area (Å²) in [6, 6.07) is 8.05. The standard InChI is InChI=1S/C18H20N4OS/c23-18(15-4-5-17-19-6-9-22(17)13-15)21-8-2-7-20(10-11-21)14-16-3-1-12-24-16/h1,3-6,9,12-13H,2,7-8,10-11,14H2. The highest BCUT2D eigenvalue weighted by Crippen LogP contribution is 2.15. The summed E-state index contributed by atoms with van der Waals surface area (Å²) in [6.45, 7) is 4.56. The first-order valence-corrected chi connectivity index (χ1v) is 9.14. The van der Waals surface area contributed by atoms with Crippen LogP contribution in [-0.4, -0.2) is 51.3 Å². The van der Waals surface area contributed by atoms with Crippen LogP contribution in [0.15, 0.2) is 48.2 Å². The highest BCUT2D eigenvalue weighted by atomic mass is 32.1. The highest BCUT2D eigenvalue weighted by molar-refractivity contribution is 7.09. The summed E-state index contributed by atoms with van der Waals surface area (Å²) in [4.78, 5) is 22.9. The van der Waals surface area contributed by atoms with Crippen molar-refractivity contribution in [1.82, 2.24) is 19.2 Å². The Morgan fingerprint density at radius 3 is 3.00 bits per heavy atom. The fraction of sp³-hybridized carbons (Fsp3) is 0.333. The van der Waals surface area contributed by atoms with Crippen LogP contribution in [0.4, 0.5) is 0 Å². The number of hydrogen-bond acceptors (Lipinski definition) is 4. The minimum atomic E-state index is 0.114. The molecule has 24 heavy (non-hydrogen) atoms. The van der Waals surface area contributed by atoms with Crippen molar-refractivity contribution < 1.29 is 4.79 Å². The first-order valence-electron chi connectivity index (χ1n) is 8.26. The summed E-state index contributed by atoms with van der Waals surface area (Å²) < 4.78 is 1.90. The molecule has 5 nitrogen and oxygen atoms in total. The number of nitrogens with zero attached hydrogens (tertiary/aromatic N) is 4. The van der Waals surface area contributed by atoms with E-state index in [1.165, 1.54) is 4.88 Å². The lowest BCUT2D eigenvalue weighted by Crippen LogP contribution is -2.35. The lowest BCUT2D eigenvalue weighted by Gasteiger charge is -2.21. The molecule has 124 valence electrons. The van der Waals surface area contributed by atoms with Gasteiger partial charge < -0.3 is 9.30 Å². The van der Waals surface area contributed by atoms with Gasteiger partial charge in [-0.2, -0.15) is 0 Å². The molecule has 1 aliphatic rings. The Morgan fingerprint density at radius 2 is 2.12 bits per heavy atom. The zero-order valence-corrected chi connectivity index (χ0v) is 14.3. The van der Waals surface area contributed by atoms with Gasteiger partial charge in [0.25, 0.3) is 5.91 Å². The molecule has 1 fully saturated rings.